The van der Waals surface area contributed by atoms with Gasteiger partial charge in [-0.05, 0) is 14.1 Å². The fourth-order valence-corrected chi connectivity index (χ4v) is 0.780. The van der Waals surface area contributed by atoms with E-state index in [9.17, 15) is 9.59 Å². The predicted octanol–water partition coefficient (Wildman–Crippen LogP) is 0.210. The first kappa shape index (κ1) is 13.6. The van der Waals surface area contributed by atoms with Gasteiger partial charge in [-0.1, -0.05) is 6.58 Å². The van der Waals surface area contributed by atoms with Gasteiger partial charge in [-0.3, -0.25) is 9.69 Å². The summed E-state index contributed by atoms with van der Waals surface area (Å²) in [5, 5.41) is 0. The fraction of sp³-hybridized carbons (Fsp3) is 0.600. The zero-order valence-corrected chi connectivity index (χ0v) is 9.19. The maximum absolute atomic E-state index is 11.0. The first-order valence-corrected chi connectivity index (χ1v) is 4.65. The average molecular weight is 215 g/mol. The zero-order valence-electron chi connectivity index (χ0n) is 9.19. The van der Waals surface area contributed by atoms with E-state index in [2.05, 4.69) is 6.58 Å². The third-order valence-corrected chi connectivity index (χ3v) is 1.41. The van der Waals surface area contributed by atoms with Gasteiger partial charge in [-0.25, -0.2) is 4.79 Å². The lowest BCUT2D eigenvalue weighted by Crippen LogP contribution is -2.24. The molecule has 0 aliphatic carbocycles. The van der Waals surface area contributed by atoms with Crippen molar-refractivity contribution < 1.29 is 19.1 Å². The standard InChI is InChI=1S/C10H17NO4/c1-4-9(12)14-6-5-7-15-10(13)8-11(2)3/h4H,1,5-8H2,2-3H3. The smallest absolute Gasteiger partial charge is 0.330 e. The molecule has 0 spiro atoms. The molecule has 0 N–H and O–H groups in total. The molecule has 0 rings (SSSR count). The number of rotatable bonds is 7. The molecule has 0 unspecified atom stereocenters. The summed E-state index contributed by atoms with van der Waals surface area (Å²) in [7, 11) is 3.57. The van der Waals surface area contributed by atoms with Crippen molar-refractivity contribution in [1.82, 2.24) is 4.90 Å². The van der Waals surface area contributed by atoms with Crippen molar-refractivity contribution in [2.75, 3.05) is 33.9 Å². The maximum atomic E-state index is 11.0. The molecule has 0 aliphatic rings. The Morgan fingerprint density at radius 2 is 1.87 bits per heavy atom. The lowest BCUT2D eigenvalue weighted by molar-refractivity contribution is -0.145. The van der Waals surface area contributed by atoms with E-state index in [4.69, 9.17) is 9.47 Å². The number of hydrogen-bond donors (Lipinski definition) is 0. The largest absolute Gasteiger partial charge is 0.465 e. The van der Waals surface area contributed by atoms with Crippen LogP contribution in [-0.2, 0) is 19.1 Å². The monoisotopic (exact) mass is 215 g/mol. The molecule has 0 aromatic rings. The Morgan fingerprint density at radius 3 is 2.40 bits per heavy atom. The van der Waals surface area contributed by atoms with Crippen LogP contribution in [0.5, 0.6) is 0 Å². The number of likely N-dealkylation sites (N-methyl/N-ethyl adjacent to an activating group) is 1. The summed E-state index contributed by atoms with van der Waals surface area (Å²) in [6, 6.07) is 0. The van der Waals surface area contributed by atoms with Crippen LogP contribution in [0.25, 0.3) is 0 Å². The maximum Gasteiger partial charge on any atom is 0.330 e. The highest BCUT2D eigenvalue weighted by Crippen LogP contribution is 1.88. The number of hydrogen-bond acceptors (Lipinski definition) is 5. The highest BCUT2D eigenvalue weighted by molar-refractivity contribution is 5.81. The van der Waals surface area contributed by atoms with E-state index in [1.807, 2.05) is 0 Å². The highest BCUT2D eigenvalue weighted by atomic mass is 16.5. The Bertz CT molecular complexity index is 225. The van der Waals surface area contributed by atoms with Crippen LogP contribution in [0.15, 0.2) is 12.7 Å². The molecule has 0 amide bonds. The van der Waals surface area contributed by atoms with E-state index in [0.717, 1.165) is 6.08 Å². The van der Waals surface area contributed by atoms with Gasteiger partial charge in [0.2, 0.25) is 0 Å². The molecule has 86 valence electrons. The van der Waals surface area contributed by atoms with Gasteiger partial charge >= 0.3 is 11.9 Å². The zero-order chi connectivity index (χ0) is 11.7. The van der Waals surface area contributed by atoms with E-state index < -0.39 is 5.97 Å². The molecule has 0 aliphatic heterocycles. The molecule has 0 bridgehead atoms. The van der Waals surface area contributed by atoms with Gasteiger partial charge in [-0.2, -0.15) is 0 Å². The first-order chi connectivity index (χ1) is 7.06. The van der Waals surface area contributed by atoms with Crippen LogP contribution in [-0.4, -0.2) is 50.7 Å². The van der Waals surface area contributed by atoms with Crippen molar-refractivity contribution in [3.05, 3.63) is 12.7 Å². The van der Waals surface area contributed by atoms with Gasteiger partial charge in [0.1, 0.15) is 0 Å². The van der Waals surface area contributed by atoms with Crippen molar-refractivity contribution in [2.24, 2.45) is 0 Å². The summed E-state index contributed by atoms with van der Waals surface area (Å²) < 4.78 is 9.57. The molecular weight excluding hydrogens is 198 g/mol. The SMILES string of the molecule is C=CC(=O)OCCCOC(=O)CN(C)C. The Kier molecular flexibility index (Phi) is 7.27. The topological polar surface area (TPSA) is 55.8 Å². The van der Waals surface area contributed by atoms with Crippen LogP contribution in [0.1, 0.15) is 6.42 Å². The molecule has 0 saturated carbocycles. The molecule has 0 radical (unpaired) electrons. The first-order valence-electron chi connectivity index (χ1n) is 4.65. The van der Waals surface area contributed by atoms with Crippen molar-refractivity contribution in [3.63, 3.8) is 0 Å². The van der Waals surface area contributed by atoms with E-state index in [-0.39, 0.29) is 25.7 Å². The molecule has 0 fully saturated rings. The number of nitrogens with zero attached hydrogens (tertiary/aromatic N) is 1. The van der Waals surface area contributed by atoms with E-state index in [1.165, 1.54) is 0 Å². The quantitative estimate of drug-likeness (QED) is 0.345. The molecular formula is C10H17NO4. The summed E-state index contributed by atoms with van der Waals surface area (Å²) in [5.41, 5.74) is 0. The minimum absolute atomic E-state index is 0.236. The van der Waals surface area contributed by atoms with Gasteiger partial charge in [0, 0.05) is 12.5 Å². The minimum atomic E-state index is -0.463. The van der Waals surface area contributed by atoms with E-state index in [0.29, 0.717) is 6.42 Å². The Morgan fingerprint density at radius 1 is 1.27 bits per heavy atom. The number of carbonyl (C=O) groups excluding carboxylic acids is 2. The van der Waals surface area contributed by atoms with Crippen LogP contribution in [0.4, 0.5) is 0 Å². The van der Waals surface area contributed by atoms with E-state index >= 15 is 0 Å². The van der Waals surface area contributed by atoms with Crippen LogP contribution in [0.3, 0.4) is 0 Å². The van der Waals surface area contributed by atoms with Crippen molar-refractivity contribution >= 4 is 11.9 Å². The molecule has 0 saturated heterocycles. The van der Waals surface area contributed by atoms with Crippen LogP contribution in [0.2, 0.25) is 0 Å². The van der Waals surface area contributed by atoms with E-state index in [1.54, 1.807) is 19.0 Å². The normalized spacial score (nSPS) is 9.80. The third-order valence-electron chi connectivity index (χ3n) is 1.41. The number of esters is 2. The van der Waals surface area contributed by atoms with Gasteiger partial charge < -0.3 is 9.47 Å². The molecule has 0 atom stereocenters. The summed E-state index contributed by atoms with van der Waals surface area (Å²) in [5.74, 6) is -0.746. The third kappa shape index (κ3) is 8.96. The molecule has 5 heteroatoms. The highest BCUT2D eigenvalue weighted by Gasteiger charge is 2.03. The Balaban J connectivity index is 3.34. The summed E-state index contributed by atoms with van der Waals surface area (Å²) >= 11 is 0. The van der Waals surface area contributed by atoms with Gasteiger partial charge in [0.25, 0.3) is 0 Å². The second-order valence-electron chi connectivity index (χ2n) is 3.18. The van der Waals surface area contributed by atoms with Crippen molar-refractivity contribution in [3.8, 4) is 0 Å². The van der Waals surface area contributed by atoms with Gasteiger partial charge in [0.15, 0.2) is 0 Å². The average Bonchev–Trinajstić information content (AvgIpc) is 2.15. The van der Waals surface area contributed by atoms with Crippen molar-refractivity contribution in [2.45, 2.75) is 6.42 Å². The second kappa shape index (κ2) is 7.99. The number of ether oxygens (including phenoxy) is 2. The van der Waals surface area contributed by atoms with Crippen LogP contribution in [0, 0.1) is 0 Å². The van der Waals surface area contributed by atoms with Crippen LogP contribution < -0.4 is 0 Å². The lowest BCUT2D eigenvalue weighted by atomic mass is 10.5. The summed E-state index contributed by atoms with van der Waals surface area (Å²) in [6.45, 7) is 4.01. The molecule has 5 nitrogen and oxygen atoms in total. The van der Waals surface area contributed by atoms with Crippen molar-refractivity contribution in [1.29, 1.82) is 0 Å². The lowest BCUT2D eigenvalue weighted by Gasteiger charge is -2.09. The summed E-state index contributed by atoms with van der Waals surface area (Å²) in [6.07, 6.45) is 1.59. The van der Waals surface area contributed by atoms with Gasteiger partial charge in [0.05, 0.1) is 19.8 Å². The molecule has 0 aromatic carbocycles. The molecule has 0 heterocycles. The fourth-order valence-electron chi connectivity index (χ4n) is 0.780. The Labute approximate surface area is 89.6 Å². The number of carbonyl (C=O) groups is 2. The predicted molar refractivity (Wildman–Crippen MR) is 55.3 cm³/mol. The van der Waals surface area contributed by atoms with Crippen LogP contribution >= 0.6 is 0 Å². The second-order valence-corrected chi connectivity index (χ2v) is 3.18. The molecule has 15 heavy (non-hydrogen) atoms. The Hall–Kier alpha value is -1.36. The summed E-state index contributed by atoms with van der Waals surface area (Å²) in [4.78, 5) is 23.3. The minimum Gasteiger partial charge on any atom is -0.465 e. The molecule has 0 aromatic heterocycles. The van der Waals surface area contributed by atoms with Gasteiger partial charge in [-0.15, -0.1) is 0 Å².